The van der Waals surface area contributed by atoms with E-state index in [1.54, 1.807) is 5.43 Å². The van der Waals surface area contributed by atoms with Gasteiger partial charge in [0.05, 0.1) is 6.04 Å². The Hall–Kier alpha value is -0.360. The molecule has 10 heavy (non-hydrogen) atoms. The molecule has 0 aromatic carbocycles. The molecule has 0 aromatic rings. The van der Waals surface area contributed by atoms with Crippen LogP contribution in [0, 0.1) is 0 Å². The van der Waals surface area contributed by atoms with E-state index in [-0.39, 0.29) is 0 Å². The number of hydrogen-bond donors (Lipinski definition) is 2. The lowest BCUT2D eigenvalue weighted by molar-refractivity contribution is -0.146. The summed E-state index contributed by atoms with van der Waals surface area (Å²) >= 11 is 0. The summed E-state index contributed by atoms with van der Waals surface area (Å²) in [6, 6.07) is -1.72. The van der Waals surface area contributed by atoms with Crippen LogP contribution in [0.15, 0.2) is 0 Å². The van der Waals surface area contributed by atoms with E-state index in [1.165, 1.54) is 0 Å². The fraction of sp³-hybridized carbons (Fsp3) is 1.00. The Morgan fingerprint density at radius 3 is 1.90 bits per heavy atom. The second-order valence-corrected chi connectivity index (χ2v) is 1.86. The van der Waals surface area contributed by atoms with Crippen molar-refractivity contribution in [1.29, 1.82) is 0 Å². The predicted octanol–water partition coefficient (Wildman–Crippen LogP) is 0.739. The van der Waals surface area contributed by atoms with Crippen molar-refractivity contribution in [3.8, 4) is 0 Å². The zero-order chi connectivity index (χ0) is 8.36. The molecule has 0 spiro atoms. The van der Waals surface area contributed by atoms with Gasteiger partial charge in [0.2, 0.25) is 0 Å². The topological polar surface area (TPSA) is 38.0 Å². The van der Waals surface area contributed by atoms with E-state index in [9.17, 15) is 17.6 Å². The summed E-state index contributed by atoms with van der Waals surface area (Å²) in [4.78, 5) is 0. The zero-order valence-electron chi connectivity index (χ0n) is 5.24. The Morgan fingerprint density at radius 1 is 1.40 bits per heavy atom. The molecule has 0 aromatic heterocycles. The molecular formula is C4H8F4N2. The fourth-order valence-corrected chi connectivity index (χ4v) is 0.300. The first-order valence-corrected chi connectivity index (χ1v) is 2.55. The molecule has 0 heterocycles. The van der Waals surface area contributed by atoms with Gasteiger partial charge < -0.3 is 0 Å². The van der Waals surface area contributed by atoms with E-state index in [1.807, 2.05) is 0 Å². The Balaban J connectivity index is 4.09. The van der Waals surface area contributed by atoms with Crippen molar-refractivity contribution >= 4 is 0 Å². The summed E-state index contributed by atoms with van der Waals surface area (Å²) in [5.41, 5.74) is 1.56. The molecule has 0 saturated heterocycles. The van der Waals surface area contributed by atoms with Gasteiger partial charge in [-0.1, -0.05) is 0 Å². The quantitative estimate of drug-likeness (QED) is 0.363. The molecule has 0 aliphatic rings. The third-order valence-electron chi connectivity index (χ3n) is 1.12. The largest absolute Gasteiger partial charge is 0.323 e. The third kappa shape index (κ3) is 1.81. The minimum absolute atomic E-state index is 0.881. The highest BCUT2D eigenvalue weighted by atomic mass is 19.3. The smallest absolute Gasteiger partial charge is 0.271 e. The SMILES string of the molecule is CC(NN)C(F)(F)C(F)F. The average Bonchev–Trinajstić information content (AvgIpc) is 1.86. The van der Waals surface area contributed by atoms with Gasteiger partial charge in [-0.15, -0.1) is 0 Å². The Kier molecular flexibility index (Phi) is 3.04. The molecule has 0 radical (unpaired) electrons. The van der Waals surface area contributed by atoms with Gasteiger partial charge in [-0.3, -0.25) is 11.3 Å². The summed E-state index contributed by atoms with van der Waals surface area (Å²) in [5, 5.41) is 0. The first-order valence-electron chi connectivity index (χ1n) is 2.55. The van der Waals surface area contributed by atoms with Crippen molar-refractivity contribution in [3.63, 3.8) is 0 Å². The van der Waals surface area contributed by atoms with Crippen LogP contribution in [0.2, 0.25) is 0 Å². The lowest BCUT2D eigenvalue weighted by Gasteiger charge is -2.21. The number of hydrogen-bond acceptors (Lipinski definition) is 2. The first-order chi connectivity index (χ1) is 4.42. The third-order valence-corrected chi connectivity index (χ3v) is 1.12. The van der Waals surface area contributed by atoms with Crippen LogP contribution in [0.1, 0.15) is 6.92 Å². The second-order valence-electron chi connectivity index (χ2n) is 1.86. The average molecular weight is 160 g/mol. The lowest BCUT2D eigenvalue weighted by atomic mass is 10.2. The van der Waals surface area contributed by atoms with Crippen LogP contribution in [0.4, 0.5) is 17.6 Å². The maximum absolute atomic E-state index is 12.0. The normalized spacial score (nSPS) is 15.9. The van der Waals surface area contributed by atoms with Crippen molar-refractivity contribution in [2.45, 2.75) is 25.3 Å². The van der Waals surface area contributed by atoms with Gasteiger partial charge in [-0.05, 0) is 6.92 Å². The van der Waals surface area contributed by atoms with Gasteiger partial charge in [0, 0.05) is 0 Å². The number of hydrazine groups is 1. The van der Waals surface area contributed by atoms with Gasteiger partial charge in [0.1, 0.15) is 0 Å². The molecule has 0 amide bonds. The molecule has 1 atom stereocenters. The molecule has 0 saturated carbocycles. The fourth-order valence-electron chi connectivity index (χ4n) is 0.300. The number of rotatable bonds is 3. The van der Waals surface area contributed by atoms with Crippen molar-refractivity contribution in [2.24, 2.45) is 5.84 Å². The van der Waals surface area contributed by atoms with Gasteiger partial charge in [-0.2, -0.15) is 8.78 Å². The molecule has 2 nitrogen and oxygen atoms in total. The van der Waals surface area contributed by atoms with Gasteiger partial charge in [0.15, 0.2) is 0 Å². The highest BCUT2D eigenvalue weighted by Crippen LogP contribution is 2.25. The molecule has 0 bridgehead atoms. The molecule has 0 rings (SSSR count). The number of nitrogens with two attached hydrogens (primary N) is 1. The Morgan fingerprint density at radius 2 is 1.80 bits per heavy atom. The lowest BCUT2D eigenvalue weighted by Crippen LogP contribution is -2.50. The summed E-state index contributed by atoms with van der Waals surface area (Å²) in [5.74, 6) is 0.472. The summed E-state index contributed by atoms with van der Waals surface area (Å²) < 4.78 is 46.9. The Bertz CT molecular complexity index is 105. The highest BCUT2D eigenvalue weighted by Gasteiger charge is 2.45. The minimum atomic E-state index is -4.06. The minimum Gasteiger partial charge on any atom is -0.271 e. The molecular weight excluding hydrogens is 152 g/mol. The van der Waals surface area contributed by atoms with Crippen LogP contribution < -0.4 is 11.3 Å². The monoisotopic (exact) mass is 160 g/mol. The zero-order valence-corrected chi connectivity index (χ0v) is 5.24. The van der Waals surface area contributed by atoms with Crippen molar-refractivity contribution < 1.29 is 17.6 Å². The Labute approximate surface area is 55.4 Å². The van der Waals surface area contributed by atoms with Crippen LogP contribution in [0.3, 0.4) is 0 Å². The van der Waals surface area contributed by atoms with Crippen LogP contribution in [0.25, 0.3) is 0 Å². The summed E-state index contributed by atoms with van der Waals surface area (Å²) in [6.07, 6.45) is -3.68. The number of alkyl halides is 4. The van der Waals surface area contributed by atoms with Gasteiger partial charge >= 0.3 is 12.3 Å². The van der Waals surface area contributed by atoms with Crippen LogP contribution in [0.5, 0.6) is 0 Å². The van der Waals surface area contributed by atoms with Crippen molar-refractivity contribution in [1.82, 2.24) is 5.43 Å². The molecule has 1 unspecified atom stereocenters. The number of nitrogens with one attached hydrogen (secondary N) is 1. The molecule has 0 aliphatic carbocycles. The van der Waals surface area contributed by atoms with Crippen LogP contribution >= 0.6 is 0 Å². The number of halogens is 4. The van der Waals surface area contributed by atoms with E-state index in [0.29, 0.717) is 0 Å². The predicted molar refractivity (Wildman–Crippen MR) is 27.7 cm³/mol. The van der Waals surface area contributed by atoms with Crippen molar-refractivity contribution in [2.75, 3.05) is 0 Å². The summed E-state index contributed by atoms with van der Waals surface area (Å²) in [6.45, 7) is 0.881. The first kappa shape index (κ1) is 9.64. The molecule has 6 heteroatoms. The van der Waals surface area contributed by atoms with Crippen LogP contribution in [-0.2, 0) is 0 Å². The maximum Gasteiger partial charge on any atom is 0.323 e. The molecule has 0 fully saturated rings. The molecule has 0 aliphatic heterocycles. The standard InChI is InChI=1S/C4H8F4N2/c1-2(10-9)4(7,8)3(5)6/h2-3,10H,9H2,1H3. The van der Waals surface area contributed by atoms with E-state index >= 15 is 0 Å². The van der Waals surface area contributed by atoms with E-state index in [0.717, 1.165) is 6.92 Å². The molecule has 3 N–H and O–H groups in total. The highest BCUT2D eigenvalue weighted by molar-refractivity contribution is 4.79. The molecule has 62 valence electrons. The van der Waals surface area contributed by atoms with Crippen LogP contribution in [-0.4, -0.2) is 18.4 Å². The van der Waals surface area contributed by atoms with Gasteiger partial charge in [-0.25, -0.2) is 8.78 Å². The maximum atomic E-state index is 12.0. The second kappa shape index (κ2) is 3.16. The van der Waals surface area contributed by atoms with Gasteiger partial charge in [0.25, 0.3) is 0 Å². The van der Waals surface area contributed by atoms with E-state index in [2.05, 4.69) is 5.84 Å². The summed E-state index contributed by atoms with van der Waals surface area (Å²) in [7, 11) is 0. The van der Waals surface area contributed by atoms with E-state index < -0.39 is 18.4 Å². The van der Waals surface area contributed by atoms with Crippen molar-refractivity contribution in [3.05, 3.63) is 0 Å². The van der Waals surface area contributed by atoms with E-state index in [4.69, 9.17) is 0 Å².